The van der Waals surface area contributed by atoms with Crippen molar-refractivity contribution in [2.75, 3.05) is 6.61 Å². The van der Waals surface area contributed by atoms with Crippen LogP contribution < -0.4 is 0 Å². The summed E-state index contributed by atoms with van der Waals surface area (Å²) in [4.78, 5) is 0. The Morgan fingerprint density at radius 1 is 0.857 bits per heavy atom. The molecule has 0 rings (SSSR count). The number of rotatable bonds is 10. The van der Waals surface area contributed by atoms with Gasteiger partial charge in [-0.1, -0.05) is 56.3 Å². The molecule has 0 aliphatic heterocycles. The van der Waals surface area contributed by atoms with E-state index in [4.69, 9.17) is 10.2 Å². The molecule has 116 valence electrons. The van der Waals surface area contributed by atoms with Gasteiger partial charge >= 0.3 is 0 Å². The average molecular weight is 290 g/mol. The van der Waals surface area contributed by atoms with Gasteiger partial charge in [-0.15, -0.1) is 0 Å². The molecular formula is C18H26O3. The van der Waals surface area contributed by atoms with Crippen molar-refractivity contribution in [3.63, 3.8) is 0 Å². The Morgan fingerprint density at radius 3 is 2.05 bits per heavy atom. The average Bonchev–Trinajstić information content (AvgIpc) is 2.49. The van der Waals surface area contributed by atoms with Gasteiger partial charge in [0.15, 0.2) is 0 Å². The van der Waals surface area contributed by atoms with Crippen LogP contribution in [0.5, 0.6) is 0 Å². The molecule has 21 heavy (non-hydrogen) atoms. The van der Waals surface area contributed by atoms with Gasteiger partial charge in [-0.2, -0.15) is 0 Å². The molecule has 3 nitrogen and oxygen atoms in total. The van der Waals surface area contributed by atoms with Gasteiger partial charge in [0.05, 0.1) is 0 Å². The molecule has 0 aliphatic rings. The van der Waals surface area contributed by atoms with Crippen LogP contribution in [0.15, 0.2) is 24.8 Å². The summed E-state index contributed by atoms with van der Waals surface area (Å²) >= 11 is 0. The molecule has 0 unspecified atom stereocenters. The van der Waals surface area contributed by atoms with E-state index in [9.17, 15) is 5.11 Å². The maximum absolute atomic E-state index is 9.54. The van der Waals surface area contributed by atoms with Crippen molar-refractivity contribution in [2.24, 2.45) is 0 Å². The summed E-state index contributed by atoms with van der Waals surface area (Å²) in [6.07, 6.45) is 10.8. The Morgan fingerprint density at radius 2 is 1.43 bits per heavy atom. The first-order chi connectivity index (χ1) is 10.2. The second-order valence-electron chi connectivity index (χ2n) is 4.73. The number of allylic oxidation sites excluding steroid dienone is 1. The fraction of sp³-hybridized carbons (Fsp3) is 0.556. The van der Waals surface area contributed by atoms with E-state index < -0.39 is 12.2 Å². The number of hydrogen-bond donors (Lipinski definition) is 3. The first kappa shape index (κ1) is 19.5. The van der Waals surface area contributed by atoms with Crippen molar-refractivity contribution in [3.05, 3.63) is 24.8 Å². The highest BCUT2D eigenvalue weighted by Gasteiger charge is 1.92. The lowest BCUT2D eigenvalue weighted by atomic mass is 10.1. The molecule has 0 aromatic carbocycles. The maximum Gasteiger partial charge on any atom is 0.134 e. The van der Waals surface area contributed by atoms with Crippen molar-refractivity contribution >= 4 is 0 Å². The zero-order valence-electron chi connectivity index (χ0n) is 12.6. The Hall–Kier alpha value is -1.52. The third-order valence-corrected chi connectivity index (χ3v) is 2.82. The van der Waals surface area contributed by atoms with Crippen molar-refractivity contribution in [2.45, 2.75) is 57.2 Å². The van der Waals surface area contributed by atoms with Crippen LogP contribution in [-0.4, -0.2) is 34.1 Å². The molecule has 3 N–H and O–H groups in total. The number of aliphatic hydroxyl groups is 3. The van der Waals surface area contributed by atoms with Gasteiger partial charge in [-0.3, -0.25) is 0 Å². The maximum atomic E-state index is 9.54. The molecule has 2 atom stereocenters. The molecule has 0 fully saturated rings. The molecule has 0 spiro atoms. The smallest absolute Gasteiger partial charge is 0.134 e. The molecular weight excluding hydrogens is 264 g/mol. The normalized spacial score (nSPS) is 12.9. The van der Waals surface area contributed by atoms with Crippen LogP contribution in [-0.2, 0) is 0 Å². The van der Waals surface area contributed by atoms with Gasteiger partial charge in [0.1, 0.15) is 12.2 Å². The lowest BCUT2D eigenvalue weighted by Gasteiger charge is -1.99. The Bertz CT molecular complexity index is 404. The van der Waals surface area contributed by atoms with E-state index in [1.165, 1.54) is 25.3 Å². The van der Waals surface area contributed by atoms with Gasteiger partial charge in [-0.05, 0) is 37.2 Å². The van der Waals surface area contributed by atoms with Crippen LogP contribution >= 0.6 is 0 Å². The molecule has 0 saturated heterocycles. The second-order valence-corrected chi connectivity index (χ2v) is 4.73. The molecule has 0 aliphatic carbocycles. The monoisotopic (exact) mass is 290 g/mol. The van der Waals surface area contributed by atoms with Crippen molar-refractivity contribution in [1.82, 2.24) is 0 Å². The molecule has 0 aromatic rings. The SMILES string of the molecule is C=C[C@@H](O)C#CC#C[C@@H](O)/C=C/CCCCCCCCO. The zero-order chi connectivity index (χ0) is 15.8. The van der Waals surface area contributed by atoms with E-state index in [1.807, 2.05) is 6.08 Å². The summed E-state index contributed by atoms with van der Waals surface area (Å²) < 4.78 is 0. The molecule has 0 amide bonds. The van der Waals surface area contributed by atoms with Crippen LogP contribution in [0, 0.1) is 23.7 Å². The minimum Gasteiger partial charge on any atom is -0.396 e. The molecule has 0 heterocycles. The Balaban J connectivity index is 3.66. The predicted molar refractivity (Wildman–Crippen MR) is 86.3 cm³/mol. The summed E-state index contributed by atoms with van der Waals surface area (Å²) in [5.74, 6) is 9.97. The largest absolute Gasteiger partial charge is 0.396 e. The number of unbranched alkanes of at least 4 members (excludes halogenated alkanes) is 6. The second kappa shape index (κ2) is 14.9. The fourth-order valence-corrected chi connectivity index (χ4v) is 1.63. The summed E-state index contributed by atoms with van der Waals surface area (Å²) in [6, 6.07) is 0. The van der Waals surface area contributed by atoms with E-state index in [0.717, 1.165) is 25.7 Å². The van der Waals surface area contributed by atoms with E-state index in [2.05, 4.69) is 30.3 Å². The summed E-state index contributed by atoms with van der Waals surface area (Å²) in [6.45, 7) is 3.68. The third kappa shape index (κ3) is 14.7. The van der Waals surface area contributed by atoms with E-state index in [0.29, 0.717) is 6.61 Å². The van der Waals surface area contributed by atoms with Crippen molar-refractivity contribution in [1.29, 1.82) is 0 Å². The minimum atomic E-state index is -0.871. The summed E-state index contributed by atoms with van der Waals surface area (Å²) in [7, 11) is 0. The van der Waals surface area contributed by atoms with Gasteiger partial charge < -0.3 is 15.3 Å². The lowest BCUT2D eigenvalue weighted by Crippen LogP contribution is -1.97. The first-order valence-electron chi connectivity index (χ1n) is 7.48. The molecule has 0 bridgehead atoms. The van der Waals surface area contributed by atoms with Crippen molar-refractivity contribution in [3.8, 4) is 23.7 Å². The highest BCUT2D eigenvalue weighted by Crippen LogP contribution is 2.07. The van der Waals surface area contributed by atoms with Gasteiger partial charge in [0, 0.05) is 6.61 Å². The summed E-state index contributed by atoms with van der Waals surface area (Å²) in [5.41, 5.74) is 0. The first-order valence-corrected chi connectivity index (χ1v) is 7.48. The highest BCUT2D eigenvalue weighted by molar-refractivity contribution is 5.31. The predicted octanol–water partition coefficient (Wildman–Crippen LogP) is 2.18. The van der Waals surface area contributed by atoms with Crippen LogP contribution in [0.3, 0.4) is 0 Å². The van der Waals surface area contributed by atoms with Gasteiger partial charge in [0.25, 0.3) is 0 Å². The molecule has 3 heteroatoms. The quantitative estimate of drug-likeness (QED) is 0.328. The zero-order valence-corrected chi connectivity index (χ0v) is 12.6. The van der Waals surface area contributed by atoms with Crippen molar-refractivity contribution < 1.29 is 15.3 Å². The topological polar surface area (TPSA) is 60.7 Å². The van der Waals surface area contributed by atoms with E-state index >= 15 is 0 Å². The summed E-state index contributed by atoms with van der Waals surface area (Å²) in [5, 5.41) is 27.2. The third-order valence-electron chi connectivity index (χ3n) is 2.82. The molecule has 0 aromatic heterocycles. The fourth-order valence-electron chi connectivity index (χ4n) is 1.63. The van der Waals surface area contributed by atoms with Crippen LogP contribution in [0.4, 0.5) is 0 Å². The Kier molecular flexibility index (Phi) is 13.8. The number of aliphatic hydroxyl groups excluding tert-OH is 3. The Labute approximate surface area is 128 Å². The lowest BCUT2D eigenvalue weighted by molar-refractivity contribution is 0.280. The van der Waals surface area contributed by atoms with Gasteiger partial charge in [0.2, 0.25) is 0 Å². The van der Waals surface area contributed by atoms with Gasteiger partial charge in [-0.25, -0.2) is 0 Å². The molecule has 0 radical (unpaired) electrons. The van der Waals surface area contributed by atoms with Crippen LogP contribution in [0.2, 0.25) is 0 Å². The number of hydrogen-bond acceptors (Lipinski definition) is 3. The minimum absolute atomic E-state index is 0.290. The standard InChI is InChI=1S/C18H26O3/c1-2-17(20)13-10-11-15-18(21)14-9-7-5-3-4-6-8-12-16-19/h2,9,14,17-21H,1,3-8,12,16H2/b14-9+/t17-,18+/m1/s1. The van der Waals surface area contributed by atoms with E-state index in [-0.39, 0.29) is 0 Å². The molecule has 0 saturated carbocycles. The van der Waals surface area contributed by atoms with Crippen LogP contribution in [0.1, 0.15) is 44.9 Å². The van der Waals surface area contributed by atoms with E-state index in [1.54, 1.807) is 6.08 Å². The highest BCUT2D eigenvalue weighted by atomic mass is 16.3. The van der Waals surface area contributed by atoms with Crippen LogP contribution in [0.25, 0.3) is 0 Å².